The average molecular weight is 1220 g/mol. The number of nitrogens with two attached hydrogens (primary N) is 3. The van der Waals surface area contributed by atoms with Crippen LogP contribution in [-0.2, 0) is 38.1 Å². The van der Waals surface area contributed by atoms with Crippen LogP contribution in [-0.4, -0.2) is 78.4 Å². The molecular weight excluding hydrogens is 1140 g/mol. The molecule has 0 spiro atoms. The van der Waals surface area contributed by atoms with Crippen LogP contribution >= 0.6 is 23.5 Å². The molecule has 4 atom stereocenters. The van der Waals surface area contributed by atoms with Gasteiger partial charge in [-0.3, -0.25) is 19.2 Å². The molecule has 8 aromatic rings. The van der Waals surface area contributed by atoms with Gasteiger partial charge >= 0.3 is 6.09 Å². The summed E-state index contributed by atoms with van der Waals surface area (Å²) in [7, 11) is 0. The molecule has 15 heteroatoms. The predicted molar refractivity (Wildman–Crippen MR) is 357 cm³/mol. The molecule has 0 saturated carbocycles. The van der Waals surface area contributed by atoms with E-state index in [9.17, 15) is 24.0 Å². The van der Waals surface area contributed by atoms with Gasteiger partial charge in [0, 0.05) is 43.5 Å². The lowest BCUT2D eigenvalue weighted by Gasteiger charge is -2.36. The largest absolute Gasteiger partial charge is 0.449 e. The zero-order chi connectivity index (χ0) is 60.7. The molecule has 2 aliphatic rings. The van der Waals surface area contributed by atoms with Crippen molar-refractivity contribution in [2.75, 3.05) is 31.3 Å². The molecular formula is C73H83N5O8S2. The topological polar surface area (TPSA) is 260 Å². The minimum atomic E-state index is -0.815. The number of rotatable bonds is 25. The average Bonchev–Trinajstić information content (AvgIpc) is 4.29. The molecule has 88 heavy (non-hydrogen) atoms. The van der Waals surface area contributed by atoms with Crippen molar-refractivity contribution in [2.45, 2.75) is 79.9 Å². The molecule has 0 radical (unpaired) electrons. The summed E-state index contributed by atoms with van der Waals surface area (Å²) in [6.45, 7) is 5.83. The number of hydrogen-bond donors (Lipinski definition) is 5. The quantitative estimate of drug-likeness (QED) is 0.0336. The van der Waals surface area contributed by atoms with E-state index in [1.54, 1.807) is 23.5 Å². The van der Waals surface area contributed by atoms with E-state index in [2.05, 4.69) is 102 Å². The zero-order valence-corrected chi connectivity index (χ0v) is 51.9. The van der Waals surface area contributed by atoms with Gasteiger partial charge in [0.1, 0.15) is 12.4 Å². The number of ether oxygens (including phenoxy) is 2. The molecule has 460 valence electrons. The molecule has 1 saturated heterocycles. The Bertz CT molecular complexity index is 3190. The molecule has 1 aliphatic heterocycles. The summed E-state index contributed by atoms with van der Waals surface area (Å²) in [5.41, 5.74) is 28.5. The van der Waals surface area contributed by atoms with Gasteiger partial charge in [-0.05, 0) is 81.3 Å². The summed E-state index contributed by atoms with van der Waals surface area (Å²) in [6.07, 6.45) is 2.75. The molecule has 3 amide bonds. The van der Waals surface area contributed by atoms with E-state index in [0.717, 1.165) is 68.8 Å². The maximum atomic E-state index is 13.7. The first kappa shape index (κ1) is 69.0. The number of alkyl carbamates (subject to hydrolysis) is 1. The summed E-state index contributed by atoms with van der Waals surface area (Å²) >= 11 is 3.22. The lowest BCUT2D eigenvalue weighted by molar-refractivity contribution is -0.127. The van der Waals surface area contributed by atoms with Crippen LogP contribution in [0.5, 0.6) is 0 Å². The monoisotopic (exact) mass is 1220 g/mol. The van der Waals surface area contributed by atoms with Crippen molar-refractivity contribution in [3.05, 3.63) is 275 Å². The van der Waals surface area contributed by atoms with Crippen LogP contribution in [0.2, 0.25) is 0 Å². The van der Waals surface area contributed by atoms with E-state index in [-0.39, 0.29) is 48.6 Å². The highest BCUT2D eigenvalue weighted by Crippen LogP contribution is 2.51. The third-order valence-corrected chi connectivity index (χ3v) is 19.3. The summed E-state index contributed by atoms with van der Waals surface area (Å²) in [5, 5.41) is 2.76. The molecule has 12 N–H and O–H groups in total. The fourth-order valence-corrected chi connectivity index (χ4v) is 14.5. The van der Waals surface area contributed by atoms with Crippen molar-refractivity contribution in [2.24, 2.45) is 29.0 Å². The Labute approximate surface area is 526 Å². The SMILES string of the molecule is C1CCOC1.CC[C@@H](N)C(=O)C[C@H](CSC(c1ccccc1)(c1ccccc1)c1ccccc1)C(N)=O.CC[C@@H](NC(=O)OCC1c2ccccc2-c2ccccc21)C(=O)C[C@H](CSC(c1ccccc1)(c1ccccc1)c1ccccc1)C(N)=O.N.O. The van der Waals surface area contributed by atoms with Gasteiger partial charge in [0.05, 0.1) is 33.4 Å². The highest BCUT2D eigenvalue weighted by atomic mass is 32.2. The second kappa shape index (κ2) is 34.4. The van der Waals surface area contributed by atoms with Gasteiger partial charge in [-0.15, -0.1) is 23.5 Å². The van der Waals surface area contributed by atoms with Crippen LogP contribution in [0.1, 0.15) is 103 Å². The molecule has 13 nitrogen and oxygen atoms in total. The highest BCUT2D eigenvalue weighted by molar-refractivity contribution is 8.00. The van der Waals surface area contributed by atoms with Crippen molar-refractivity contribution < 1.29 is 38.9 Å². The number of nitrogens with one attached hydrogen (secondary N) is 1. The Morgan fingerprint density at radius 3 is 1.11 bits per heavy atom. The third kappa shape index (κ3) is 17.1. The van der Waals surface area contributed by atoms with Crippen molar-refractivity contribution in [3.8, 4) is 11.1 Å². The lowest BCUT2D eigenvalue weighted by atomic mass is 9.84. The van der Waals surface area contributed by atoms with E-state index in [1.165, 1.54) is 12.8 Å². The summed E-state index contributed by atoms with van der Waals surface area (Å²) in [5.74, 6) is -2.17. The summed E-state index contributed by atoms with van der Waals surface area (Å²) in [4.78, 5) is 64.4. The van der Waals surface area contributed by atoms with Crippen molar-refractivity contribution in [1.29, 1.82) is 0 Å². The molecule has 1 heterocycles. The first-order valence-corrected chi connectivity index (χ1v) is 31.6. The molecule has 0 aromatic heterocycles. The van der Waals surface area contributed by atoms with Crippen molar-refractivity contribution in [3.63, 3.8) is 0 Å². The molecule has 1 fully saturated rings. The fourth-order valence-electron chi connectivity index (χ4n) is 11.2. The third-order valence-electron chi connectivity index (χ3n) is 15.9. The summed E-state index contributed by atoms with van der Waals surface area (Å²) in [6, 6.07) is 76.1. The van der Waals surface area contributed by atoms with Crippen LogP contribution in [0.15, 0.2) is 231 Å². The Kier molecular flexibility index (Phi) is 27.0. The van der Waals surface area contributed by atoms with Crippen LogP contribution in [0, 0.1) is 11.8 Å². The normalized spacial score (nSPS) is 13.7. The number of fused-ring (bicyclic) bond motifs is 3. The van der Waals surface area contributed by atoms with Crippen molar-refractivity contribution in [1.82, 2.24) is 11.5 Å². The number of primary amides is 2. The number of carbonyl (C=O) groups is 5. The van der Waals surface area contributed by atoms with Crippen LogP contribution in [0.25, 0.3) is 11.1 Å². The van der Waals surface area contributed by atoms with E-state index in [4.69, 9.17) is 26.7 Å². The van der Waals surface area contributed by atoms with Gasteiger partial charge in [0.15, 0.2) is 5.78 Å². The number of Topliss-reactive ketones (excluding diaryl/α,β-unsaturated/α-hetero) is 2. The smallest absolute Gasteiger partial charge is 0.407 e. The first-order chi connectivity index (χ1) is 41.9. The number of hydrogen-bond acceptors (Lipinski definition) is 11. The van der Waals surface area contributed by atoms with Gasteiger partial charge in [-0.2, -0.15) is 0 Å². The van der Waals surface area contributed by atoms with Gasteiger partial charge in [0.25, 0.3) is 0 Å². The second-order valence-corrected chi connectivity index (χ2v) is 24.0. The van der Waals surface area contributed by atoms with Gasteiger partial charge < -0.3 is 43.6 Å². The maximum Gasteiger partial charge on any atom is 0.407 e. The lowest BCUT2D eigenvalue weighted by Crippen LogP contribution is -2.43. The van der Waals surface area contributed by atoms with E-state index in [1.807, 2.05) is 147 Å². The predicted octanol–water partition coefficient (Wildman–Crippen LogP) is 12.7. The van der Waals surface area contributed by atoms with Crippen LogP contribution in [0.4, 0.5) is 4.79 Å². The van der Waals surface area contributed by atoms with Gasteiger partial charge in [-0.25, -0.2) is 4.79 Å². The van der Waals surface area contributed by atoms with Gasteiger partial charge in [-0.1, -0.05) is 244 Å². The fraction of sp³-hybridized carbons (Fsp3) is 0.274. The highest BCUT2D eigenvalue weighted by Gasteiger charge is 2.41. The minimum Gasteiger partial charge on any atom is -0.449 e. The van der Waals surface area contributed by atoms with Crippen LogP contribution < -0.4 is 28.7 Å². The Morgan fingerprint density at radius 2 is 0.818 bits per heavy atom. The Hall–Kier alpha value is -8.15. The van der Waals surface area contributed by atoms with Crippen LogP contribution in [0.3, 0.4) is 0 Å². The van der Waals surface area contributed by atoms with Gasteiger partial charge in [0.2, 0.25) is 11.8 Å². The summed E-state index contributed by atoms with van der Waals surface area (Å²) < 4.78 is 9.44. The van der Waals surface area contributed by atoms with Crippen molar-refractivity contribution >= 4 is 53.0 Å². The molecule has 10 rings (SSSR count). The number of benzene rings is 8. The number of carbonyl (C=O) groups excluding carboxylic acids is 5. The Balaban J connectivity index is 0.000000273. The molecule has 0 unspecified atom stereocenters. The number of ketones is 2. The molecule has 1 aliphatic carbocycles. The second-order valence-electron chi connectivity index (χ2n) is 21.5. The van der Waals surface area contributed by atoms with E-state index >= 15 is 0 Å². The molecule has 8 aromatic carbocycles. The molecule has 0 bridgehead atoms. The standard InChI is InChI=1S/C42H40N2O4S.C27H30N2O2S.C4H8O.H3N.H2O/c1-2-38(44-41(47)48-27-37-35-24-14-12-22-33(35)34-23-13-15-25-36(34)37)39(45)26-29(40(43)46)28-49-42(30-16-6-3-7-17-30,31-18-8-4-9-19-31)32-20-10-5-11-21-32;1-2-24(28)25(30)18-20(26(29)31)19-32-27(21-12-6-3-7-13-21,22-14-8-4-9-15-22)23-16-10-5-11-17-23;1-2-4-5-3-1;;/h3-25,29,37-38H,2,26-28H2,1H3,(H2,43,46)(H,44,47);3-17,20,24H,2,18-19,28H2,1H3,(H2,29,31);1-4H2;1H3;1H2/t29-,38-;20-,24-;;;/m11.../s1. The number of thioether (sulfide) groups is 2. The maximum absolute atomic E-state index is 13.7. The Morgan fingerprint density at radius 1 is 0.500 bits per heavy atom. The minimum absolute atomic E-state index is 0. The van der Waals surface area contributed by atoms with E-state index in [0.29, 0.717) is 24.3 Å². The number of amides is 3. The first-order valence-electron chi connectivity index (χ1n) is 29.6. The zero-order valence-electron chi connectivity index (χ0n) is 50.2. The van der Waals surface area contributed by atoms with E-state index < -0.39 is 51.3 Å².